The van der Waals surface area contributed by atoms with Gasteiger partial charge < -0.3 is 10.5 Å². The average molecular weight is 296 g/mol. The number of nitrogens with two attached hydrogens (primary N) is 1. The van der Waals surface area contributed by atoms with Gasteiger partial charge in [-0.25, -0.2) is 8.42 Å². The van der Waals surface area contributed by atoms with Gasteiger partial charge >= 0.3 is 0 Å². The van der Waals surface area contributed by atoms with Crippen molar-refractivity contribution in [3.05, 3.63) is 23.8 Å². The van der Waals surface area contributed by atoms with Crippen LogP contribution in [0.2, 0.25) is 0 Å². The zero-order valence-corrected chi connectivity index (χ0v) is 12.6. The number of likely N-dealkylation sites (tertiary alicyclic amines) is 1. The van der Waals surface area contributed by atoms with Gasteiger partial charge in [0.15, 0.2) is 9.84 Å². The van der Waals surface area contributed by atoms with E-state index in [0.29, 0.717) is 16.1 Å². The second-order valence-corrected chi connectivity index (χ2v) is 7.46. The number of nitrogen functional groups attached to an aromatic ring is 1. The molecule has 0 saturated carbocycles. The lowest BCUT2D eigenvalue weighted by atomic mass is 9.94. The van der Waals surface area contributed by atoms with Crippen LogP contribution in [0.5, 0.6) is 0 Å². The molecule has 0 spiro atoms. The van der Waals surface area contributed by atoms with Crippen LogP contribution in [0.1, 0.15) is 24.9 Å². The Hall–Kier alpha value is -1.40. The van der Waals surface area contributed by atoms with Crippen molar-refractivity contribution in [2.75, 3.05) is 25.1 Å². The Morgan fingerprint density at radius 1 is 1.45 bits per heavy atom. The monoisotopic (exact) mass is 296 g/mol. The standard InChI is InChI=1S/C14H20N2O3S/c1-3-20(18,19)13-5-4-11(15)8-12(13)14-10(9-17)6-7-16(14)2/h4-5,8-10,14H,3,6-7,15H2,1-2H3. The van der Waals surface area contributed by atoms with Gasteiger partial charge in [-0.05, 0) is 43.8 Å². The predicted octanol–water partition coefficient (Wildman–Crippen LogP) is 1.25. The van der Waals surface area contributed by atoms with E-state index in [1.54, 1.807) is 25.1 Å². The molecule has 2 rings (SSSR count). The van der Waals surface area contributed by atoms with Crippen molar-refractivity contribution < 1.29 is 13.2 Å². The molecular weight excluding hydrogens is 276 g/mol. The van der Waals surface area contributed by atoms with E-state index in [9.17, 15) is 13.2 Å². The second-order valence-electron chi connectivity index (χ2n) is 5.21. The Kier molecular flexibility index (Phi) is 4.15. The summed E-state index contributed by atoms with van der Waals surface area (Å²) in [5, 5.41) is 0. The van der Waals surface area contributed by atoms with Gasteiger partial charge in [0.1, 0.15) is 6.29 Å². The molecule has 2 N–H and O–H groups in total. The summed E-state index contributed by atoms with van der Waals surface area (Å²) >= 11 is 0. The highest BCUT2D eigenvalue weighted by Crippen LogP contribution is 2.38. The molecule has 0 bridgehead atoms. The first kappa shape index (κ1) is 15.0. The van der Waals surface area contributed by atoms with Gasteiger partial charge in [0.05, 0.1) is 10.6 Å². The minimum atomic E-state index is -3.34. The molecule has 0 radical (unpaired) electrons. The van der Waals surface area contributed by atoms with E-state index in [1.807, 2.05) is 11.9 Å². The van der Waals surface area contributed by atoms with Gasteiger partial charge in [-0.15, -0.1) is 0 Å². The molecule has 0 aliphatic carbocycles. The van der Waals surface area contributed by atoms with Gasteiger partial charge in [-0.3, -0.25) is 4.90 Å². The summed E-state index contributed by atoms with van der Waals surface area (Å²) in [5.41, 5.74) is 6.97. The van der Waals surface area contributed by atoms with Gasteiger partial charge in [-0.2, -0.15) is 0 Å². The Labute approximate surface area is 119 Å². The number of hydrogen-bond acceptors (Lipinski definition) is 5. The van der Waals surface area contributed by atoms with Crippen molar-refractivity contribution in [2.24, 2.45) is 5.92 Å². The molecular formula is C14H20N2O3S. The van der Waals surface area contributed by atoms with Crippen molar-refractivity contribution in [1.82, 2.24) is 4.90 Å². The van der Waals surface area contributed by atoms with E-state index in [0.717, 1.165) is 19.3 Å². The summed E-state index contributed by atoms with van der Waals surface area (Å²) in [6.45, 7) is 2.39. The van der Waals surface area contributed by atoms with Gasteiger partial charge in [0, 0.05) is 17.6 Å². The normalized spacial score (nSPS) is 23.9. The van der Waals surface area contributed by atoms with E-state index < -0.39 is 9.84 Å². The van der Waals surface area contributed by atoms with Crippen LogP contribution >= 0.6 is 0 Å². The Morgan fingerprint density at radius 3 is 2.75 bits per heavy atom. The maximum Gasteiger partial charge on any atom is 0.178 e. The van der Waals surface area contributed by atoms with Crippen molar-refractivity contribution in [3.8, 4) is 0 Å². The molecule has 5 nitrogen and oxygen atoms in total. The lowest BCUT2D eigenvalue weighted by Crippen LogP contribution is -2.24. The zero-order chi connectivity index (χ0) is 14.9. The van der Waals surface area contributed by atoms with Gasteiger partial charge in [0.2, 0.25) is 0 Å². The fourth-order valence-corrected chi connectivity index (χ4v) is 3.95. The number of carbonyl (C=O) groups is 1. The minimum Gasteiger partial charge on any atom is -0.399 e. The third-order valence-electron chi connectivity index (χ3n) is 3.94. The topological polar surface area (TPSA) is 80.5 Å². The summed E-state index contributed by atoms with van der Waals surface area (Å²) in [7, 11) is -1.43. The van der Waals surface area contributed by atoms with Crippen LogP contribution in [0.3, 0.4) is 0 Å². The molecule has 1 saturated heterocycles. The largest absolute Gasteiger partial charge is 0.399 e. The SMILES string of the molecule is CCS(=O)(=O)c1ccc(N)cc1C1C(C=O)CCN1C. The molecule has 0 aromatic heterocycles. The van der Waals surface area contributed by atoms with Gasteiger partial charge in [-0.1, -0.05) is 6.92 Å². The number of benzene rings is 1. The van der Waals surface area contributed by atoms with Crippen molar-refractivity contribution in [2.45, 2.75) is 24.3 Å². The van der Waals surface area contributed by atoms with E-state index in [-0.39, 0.29) is 17.7 Å². The van der Waals surface area contributed by atoms with E-state index in [4.69, 9.17) is 5.73 Å². The highest BCUT2D eigenvalue weighted by molar-refractivity contribution is 7.91. The van der Waals surface area contributed by atoms with E-state index in [1.165, 1.54) is 0 Å². The molecule has 110 valence electrons. The van der Waals surface area contributed by atoms with Crippen molar-refractivity contribution in [1.29, 1.82) is 0 Å². The van der Waals surface area contributed by atoms with Crippen LogP contribution in [-0.2, 0) is 14.6 Å². The zero-order valence-electron chi connectivity index (χ0n) is 11.7. The third-order valence-corrected chi connectivity index (χ3v) is 5.74. The van der Waals surface area contributed by atoms with Crippen LogP contribution in [0, 0.1) is 5.92 Å². The maximum absolute atomic E-state index is 12.2. The molecule has 1 aliphatic heterocycles. The predicted molar refractivity (Wildman–Crippen MR) is 78.1 cm³/mol. The number of rotatable bonds is 4. The Balaban J connectivity index is 2.60. The summed E-state index contributed by atoms with van der Waals surface area (Å²) < 4.78 is 24.5. The van der Waals surface area contributed by atoms with Gasteiger partial charge in [0.25, 0.3) is 0 Å². The molecule has 2 unspecified atom stereocenters. The average Bonchev–Trinajstić information content (AvgIpc) is 2.79. The van der Waals surface area contributed by atoms with Crippen molar-refractivity contribution in [3.63, 3.8) is 0 Å². The Morgan fingerprint density at radius 2 is 2.15 bits per heavy atom. The van der Waals surface area contributed by atoms with Crippen LogP contribution in [-0.4, -0.2) is 38.9 Å². The number of nitrogens with zero attached hydrogens (tertiary/aromatic N) is 1. The highest BCUT2D eigenvalue weighted by atomic mass is 32.2. The molecule has 20 heavy (non-hydrogen) atoms. The number of hydrogen-bond donors (Lipinski definition) is 1. The van der Waals surface area contributed by atoms with Crippen LogP contribution in [0.25, 0.3) is 0 Å². The first-order valence-electron chi connectivity index (χ1n) is 6.68. The highest BCUT2D eigenvalue weighted by Gasteiger charge is 2.36. The summed E-state index contributed by atoms with van der Waals surface area (Å²) in [6.07, 6.45) is 1.66. The quantitative estimate of drug-likeness (QED) is 0.668. The van der Waals surface area contributed by atoms with Crippen LogP contribution < -0.4 is 5.73 Å². The lowest BCUT2D eigenvalue weighted by Gasteiger charge is -2.25. The maximum atomic E-state index is 12.2. The van der Waals surface area contributed by atoms with E-state index >= 15 is 0 Å². The molecule has 2 atom stereocenters. The van der Waals surface area contributed by atoms with E-state index in [2.05, 4.69) is 0 Å². The summed E-state index contributed by atoms with van der Waals surface area (Å²) in [6, 6.07) is 4.62. The number of aldehydes is 1. The smallest absolute Gasteiger partial charge is 0.178 e. The first-order chi connectivity index (χ1) is 9.40. The fourth-order valence-electron chi connectivity index (χ4n) is 2.82. The third kappa shape index (κ3) is 2.58. The number of anilines is 1. The number of sulfone groups is 1. The van der Waals surface area contributed by atoms with Crippen LogP contribution in [0.15, 0.2) is 23.1 Å². The molecule has 1 aromatic rings. The first-order valence-corrected chi connectivity index (χ1v) is 8.33. The second kappa shape index (κ2) is 5.54. The Bertz CT molecular complexity index is 613. The molecule has 0 amide bonds. The molecule has 1 aromatic carbocycles. The molecule has 1 fully saturated rings. The fraction of sp³-hybridized carbons (Fsp3) is 0.500. The lowest BCUT2D eigenvalue weighted by molar-refractivity contribution is -0.111. The summed E-state index contributed by atoms with van der Waals surface area (Å²) in [4.78, 5) is 13.6. The molecule has 1 aliphatic rings. The molecule has 6 heteroatoms. The number of carbonyl (C=O) groups excluding carboxylic acids is 1. The van der Waals surface area contributed by atoms with Crippen LogP contribution in [0.4, 0.5) is 5.69 Å². The minimum absolute atomic E-state index is 0.0338. The molecule has 1 heterocycles. The van der Waals surface area contributed by atoms with Crippen molar-refractivity contribution >= 4 is 21.8 Å². The summed E-state index contributed by atoms with van der Waals surface area (Å²) in [5.74, 6) is -0.154.